The minimum Gasteiger partial charge on any atom is -0.496 e. The van der Waals surface area contributed by atoms with Crippen molar-refractivity contribution in [2.45, 2.75) is 26.5 Å². The maximum atomic E-state index is 13.8. The molecule has 1 aromatic heterocycles. The first-order chi connectivity index (χ1) is 19.4. The number of ether oxygens (including phenoxy) is 3. The summed E-state index contributed by atoms with van der Waals surface area (Å²) in [5.74, 6) is 0.984. The van der Waals surface area contributed by atoms with E-state index in [4.69, 9.17) is 14.2 Å². The Kier molecular flexibility index (Phi) is 8.51. The number of fused-ring (bicyclic) bond motifs is 1. The Morgan fingerprint density at radius 2 is 1.85 bits per heavy atom. The van der Waals surface area contributed by atoms with Crippen molar-refractivity contribution >= 4 is 46.0 Å². The zero-order chi connectivity index (χ0) is 28.2. The van der Waals surface area contributed by atoms with Gasteiger partial charge in [0.05, 0.1) is 35.6 Å². The molecule has 0 N–H and O–H groups in total. The van der Waals surface area contributed by atoms with Crippen LogP contribution in [0.4, 0.5) is 0 Å². The van der Waals surface area contributed by atoms with Gasteiger partial charge in [-0.2, -0.15) is 0 Å². The summed E-state index contributed by atoms with van der Waals surface area (Å²) in [7, 11) is 1.62. The Morgan fingerprint density at radius 1 is 1.10 bits per heavy atom. The van der Waals surface area contributed by atoms with Crippen LogP contribution in [-0.2, 0) is 16.1 Å². The third-order valence-electron chi connectivity index (χ3n) is 6.44. The lowest BCUT2D eigenvalue weighted by Gasteiger charge is -2.24. The van der Waals surface area contributed by atoms with Gasteiger partial charge in [-0.3, -0.25) is 9.36 Å². The highest BCUT2D eigenvalue weighted by Gasteiger charge is 2.33. The van der Waals surface area contributed by atoms with Crippen LogP contribution >= 0.6 is 33.9 Å². The SMILES string of the molecule is CCOC(=O)C1=C(C)N=c2s/c(=C\c3ccc(OC)c(COc4ccc(I)cc4)c3)c(=O)n2C1c1ccccc1. The number of nitrogens with zero attached hydrogens (tertiary/aromatic N) is 2. The van der Waals surface area contributed by atoms with Gasteiger partial charge in [-0.05, 0) is 90.0 Å². The zero-order valence-electron chi connectivity index (χ0n) is 22.2. The van der Waals surface area contributed by atoms with E-state index in [2.05, 4.69) is 27.6 Å². The summed E-state index contributed by atoms with van der Waals surface area (Å²) in [5.41, 5.74) is 3.17. The fourth-order valence-corrected chi connectivity index (χ4v) is 5.99. The van der Waals surface area contributed by atoms with Gasteiger partial charge in [-0.25, -0.2) is 9.79 Å². The van der Waals surface area contributed by atoms with Crippen molar-refractivity contribution < 1.29 is 19.0 Å². The number of carbonyl (C=O) groups excluding carboxylic acids is 1. The number of allylic oxidation sites excluding steroid dienone is 1. The van der Waals surface area contributed by atoms with Crippen LogP contribution in [0.5, 0.6) is 11.5 Å². The predicted octanol–water partition coefficient (Wildman–Crippen LogP) is 4.99. The average molecular weight is 667 g/mol. The molecule has 0 fully saturated rings. The van der Waals surface area contributed by atoms with Crippen LogP contribution in [0, 0.1) is 3.57 Å². The maximum Gasteiger partial charge on any atom is 0.338 e. The fourth-order valence-electron chi connectivity index (χ4n) is 4.59. The molecule has 7 nitrogen and oxygen atoms in total. The van der Waals surface area contributed by atoms with E-state index in [1.54, 1.807) is 25.5 Å². The molecule has 1 unspecified atom stereocenters. The lowest BCUT2D eigenvalue weighted by atomic mass is 9.96. The van der Waals surface area contributed by atoms with Crippen molar-refractivity contribution in [3.05, 3.63) is 124 Å². The molecule has 1 aliphatic rings. The molecule has 9 heteroatoms. The molecule has 0 spiro atoms. The number of aromatic nitrogens is 1. The Hall–Kier alpha value is -3.70. The number of benzene rings is 3. The van der Waals surface area contributed by atoms with Crippen LogP contribution in [0.3, 0.4) is 0 Å². The molecule has 0 bridgehead atoms. The highest BCUT2D eigenvalue weighted by Crippen LogP contribution is 2.30. The van der Waals surface area contributed by atoms with Gasteiger partial charge in [0, 0.05) is 9.13 Å². The van der Waals surface area contributed by atoms with Crippen LogP contribution < -0.4 is 24.4 Å². The number of carbonyl (C=O) groups is 1. The van der Waals surface area contributed by atoms with E-state index in [0.717, 1.165) is 26.0 Å². The fraction of sp³-hybridized carbons (Fsp3) is 0.194. The van der Waals surface area contributed by atoms with Gasteiger partial charge in [0.2, 0.25) is 0 Å². The van der Waals surface area contributed by atoms with Crippen molar-refractivity contribution in [1.29, 1.82) is 0 Å². The van der Waals surface area contributed by atoms with E-state index >= 15 is 0 Å². The van der Waals surface area contributed by atoms with Gasteiger partial charge >= 0.3 is 5.97 Å². The van der Waals surface area contributed by atoms with Crippen LogP contribution in [0.25, 0.3) is 6.08 Å². The number of hydrogen-bond donors (Lipinski definition) is 0. The third-order valence-corrected chi connectivity index (χ3v) is 8.14. The first-order valence-electron chi connectivity index (χ1n) is 12.7. The van der Waals surface area contributed by atoms with E-state index in [-0.39, 0.29) is 12.2 Å². The van der Waals surface area contributed by atoms with Crippen molar-refractivity contribution in [2.24, 2.45) is 4.99 Å². The lowest BCUT2D eigenvalue weighted by Crippen LogP contribution is -2.39. The van der Waals surface area contributed by atoms with Gasteiger partial charge in [0.1, 0.15) is 18.1 Å². The standard InChI is InChI=1S/C31H27IN2O5S/c1-4-38-30(36)27-19(2)33-31-34(28(27)21-8-6-5-7-9-21)29(35)26(40-31)17-20-10-15-25(37-3)22(16-20)18-39-24-13-11-23(32)12-14-24/h5-17,28H,4,18H2,1-3H3/b26-17-. The first-order valence-corrected chi connectivity index (χ1v) is 14.6. The van der Waals surface area contributed by atoms with E-state index in [1.807, 2.05) is 78.9 Å². The monoisotopic (exact) mass is 666 g/mol. The first kappa shape index (κ1) is 27.9. The molecule has 1 aliphatic heterocycles. The highest BCUT2D eigenvalue weighted by atomic mass is 127. The normalized spacial score (nSPS) is 14.9. The predicted molar refractivity (Wildman–Crippen MR) is 163 cm³/mol. The molecule has 2 heterocycles. The largest absolute Gasteiger partial charge is 0.496 e. The minimum absolute atomic E-state index is 0.223. The molecule has 4 aromatic rings. The second-order valence-electron chi connectivity index (χ2n) is 9.03. The number of thiazole rings is 1. The summed E-state index contributed by atoms with van der Waals surface area (Å²) in [5, 5.41) is 0. The van der Waals surface area contributed by atoms with Gasteiger partial charge < -0.3 is 14.2 Å². The van der Waals surface area contributed by atoms with Gasteiger partial charge in [0.15, 0.2) is 4.80 Å². The van der Waals surface area contributed by atoms with Gasteiger partial charge in [0.25, 0.3) is 5.56 Å². The third kappa shape index (κ3) is 5.75. The minimum atomic E-state index is -0.632. The van der Waals surface area contributed by atoms with Crippen LogP contribution in [0.1, 0.15) is 36.6 Å². The summed E-state index contributed by atoms with van der Waals surface area (Å²) in [6.07, 6.45) is 1.84. The quantitative estimate of drug-likeness (QED) is 0.196. The molecule has 204 valence electrons. The van der Waals surface area contributed by atoms with Crippen LogP contribution in [-0.4, -0.2) is 24.3 Å². The zero-order valence-corrected chi connectivity index (χ0v) is 25.2. The second kappa shape index (κ2) is 12.2. The molecule has 0 radical (unpaired) electrons. The molecule has 0 saturated carbocycles. The summed E-state index contributed by atoms with van der Waals surface area (Å²) < 4.78 is 20.1. The summed E-state index contributed by atoms with van der Waals surface area (Å²) >= 11 is 3.55. The molecular formula is C31H27IN2O5S. The van der Waals surface area contributed by atoms with Crippen LogP contribution in [0.2, 0.25) is 0 Å². The van der Waals surface area contributed by atoms with Crippen molar-refractivity contribution in [3.8, 4) is 11.5 Å². The molecule has 0 aliphatic carbocycles. The van der Waals surface area contributed by atoms with Crippen molar-refractivity contribution in [2.75, 3.05) is 13.7 Å². The Morgan fingerprint density at radius 3 is 2.55 bits per heavy atom. The number of methoxy groups -OCH3 is 1. The Bertz CT molecular complexity index is 1760. The molecule has 0 amide bonds. The summed E-state index contributed by atoms with van der Waals surface area (Å²) in [6, 6.07) is 22.4. The van der Waals surface area contributed by atoms with E-state index in [9.17, 15) is 9.59 Å². The number of rotatable bonds is 8. The van der Waals surface area contributed by atoms with Gasteiger partial charge in [-0.1, -0.05) is 47.7 Å². The highest BCUT2D eigenvalue weighted by molar-refractivity contribution is 14.1. The van der Waals surface area contributed by atoms with E-state index in [1.165, 1.54) is 11.3 Å². The maximum absolute atomic E-state index is 13.8. The molecule has 0 saturated heterocycles. The Labute approximate surface area is 249 Å². The van der Waals surface area contributed by atoms with E-state index < -0.39 is 12.0 Å². The average Bonchev–Trinajstić information content (AvgIpc) is 3.26. The molecule has 3 aromatic carbocycles. The molecular weight excluding hydrogens is 639 g/mol. The molecule has 40 heavy (non-hydrogen) atoms. The summed E-state index contributed by atoms with van der Waals surface area (Å²) in [6.45, 7) is 4.08. The lowest BCUT2D eigenvalue weighted by molar-refractivity contribution is -0.139. The van der Waals surface area contributed by atoms with Crippen LogP contribution in [0.15, 0.2) is 93.9 Å². The van der Waals surface area contributed by atoms with Crippen molar-refractivity contribution in [1.82, 2.24) is 4.57 Å². The topological polar surface area (TPSA) is 79.1 Å². The number of hydrogen-bond acceptors (Lipinski definition) is 7. The number of halogens is 1. The number of esters is 1. The van der Waals surface area contributed by atoms with Crippen molar-refractivity contribution in [3.63, 3.8) is 0 Å². The molecule has 5 rings (SSSR count). The van der Waals surface area contributed by atoms with Gasteiger partial charge in [-0.15, -0.1) is 0 Å². The Balaban J connectivity index is 1.56. The van der Waals surface area contributed by atoms with E-state index in [0.29, 0.717) is 33.0 Å². The smallest absolute Gasteiger partial charge is 0.338 e. The molecule has 1 atom stereocenters. The summed E-state index contributed by atoms with van der Waals surface area (Å²) in [4.78, 5) is 32.0. The second-order valence-corrected chi connectivity index (χ2v) is 11.3.